The maximum atomic E-state index is 12.0. The molecule has 1 heterocycles. The number of anilines is 1. The third-order valence-electron chi connectivity index (χ3n) is 4.05. The molecule has 2 rings (SSSR count). The fourth-order valence-electron chi connectivity index (χ4n) is 2.92. The second-order valence-electron chi connectivity index (χ2n) is 5.85. The topological polar surface area (TPSA) is 59.8 Å². The zero-order chi connectivity index (χ0) is 16.7. The van der Waals surface area contributed by atoms with Gasteiger partial charge in [0, 0.05) is 10.7 Å². The van der Waals surface area contributed by atoms with Gasteiger partial charge in [0.2, 0.25) is 5.91 Å². The van der Waals surface area contributed by atoms with Crippen LogP contribution < -0.4 is 10.2 Å². The summed E-state index contributed by atoms with van der Waals surface area (Å²) in [5.74, 6) is -0.166. The molecular weight excluding hydrogens is 316 g/mol. The molecule has 1 aliphatic rings. The van der Waals surface area contributed by atoms with Crippen LogP contribution in [-0.4, -0.2) is 38.1 Å². The maximum Gasteiger partial charge on any atom is 0.314 e. The molecule has 1 unspecified atom stereocenters. The number of likely N-dealkylation sites (tertiary alicyclic amines) is 1. The molecule has 0 spiro atoms. The number of hydrogen-bond acceptors (Lipinski definition) is 3. The average molecular weight is 340 g/mol. The minimum Gasteiger partial charge on any atom is -0.466 e. The summed E-state index contributed by atoms with van der Waals surface area (Å²) in [6, 6.07) is 7.11. The van der Waals surface area contributed by atoms with Gasteiger partial charge in [0.1, 0.15) is 5.92 Å². The molecular formula is C17H24ClN2O3+. The summed E-state index contributed by atoms with van der Waals surface area (Å²) in [5, 5.41) is 3.45. The van der Waals surface area contributed by atoms with E-state index in [9.17, 15) is 9.59 Å². The lowest BCUT2D eigenvalue weighted by molar-refractivity contribution is -0.906. The molecule has 2 N–H and O–H groups in total. The fraction of sp³-hybridized carbons (Fsp3) is 0.529. The van der Waals surface area contributed by atoms with Gasteiger partial charge in [0.15, 0.2) is 0 Å². The number of benzene rings is 1. The van der Waals surface area contributed by atoms with Gasteiger partial charge in [0.05, 0.1) is 32.7 Å². The first-order chi connectivity index (χ1) is 11.1. The Bertz CT molecular complexity index is 550. The molecule has 126 valence electrons. The summed E-state index contributed by atoms with van der Waals surface area (Å²) in [4.78, 5) is 25.1. The molecule has 0 radical (unpaired) electrons. The van der Waals surface area contributed by atoms with Gasteiger partial charge in [-0.05, 0) is 38.0 Å². The van der Waals surface area contributed by atoms with Crippen molar-refractivity contribution in [3.05, 3.63) is 29.3 Å². The van der Waals surface area contributed by atoms with Crippen LogP contribution in [0.3, 0.4) is 0 Å². The molecule has 0 aliphatic carbocycles. The third-order valence-corrected chi connectivity index (χ3v) is 4.29. The van der Waals surface area contributed by atoms with E-state index in [0.717, 1.165) is 32.5 Å². The number of halogens is 1. The molecule has 1 saturated heterocycles. The van der Waals surface area contributed by atoms with E-state index < -0.39 is 0 Å². The lowest BCUT2D eigenvalue weighted by Crippen LogP contribution is -3.13. The highest BCUT2D eigenvalue weighted by Crippen LogP contribution is 2.15. The van der Waals surface area contributed by atoms with E-state index in [-0.39, 0.29) is 17.8 Å². The van der Waals surface area contributed by atoms with Gasteiger partial charge in [-0.15, -0.1) is 0 Å². The Morgan fingerprint density at radius 1 is 1.43 bits per heavy atom. The lowest BCUT2D eigenvalue weighted by Gasteiger charge is -2.28. The van der Waals surface area contributed by atoms with Crippen LogP contribution in [0.4, 0.5) is 5.69 Å². The summed E-state index contributed by atoms with van der Waals surface area (Å²) in [6.07, 6.45) is 2.31. The zero-order valence-corrected chi connectivity index (χ0v) is 14.2. The summed E-state index contributed by atoms with van der Waals surface area (Å²) in [7, 11) is 0. The molecule has 0 bridgehead atoms. The van der Waals surface area contributed by atoms with E-state index >= 15 is 0 Å². The van der Waals surface area contributed by atoms with Gasteiger partial charge in [0.25, 0.3) is 0 Å². The minimum atomic E-state index is -0.104. The average Bonchev–Trinajstić information content (AvgIpc) is 2.53. The van der Waals surface area contributed by atoms with Crippen LogP contribution in [0, 0.1) is 5.92 Å². The number of nitrogens with one attached hydrogen (secondary N) is 2. The SMILES string of the molecule is CCOC(=O)[C@@H]1CCC[NH+](CCC(=O)Nc2cccc(Cl)c2)C1. The molecule has 1 aromatic carbocycles. The van der Waals surface area contributed by atoms with Crippen molar-refractivity contribution in [2.24, 2.45) is 5.92 Å². The molecule has 0 aromatic heterocycles. The second kappa shape index (κ2) is 8.89. The molecule has 5 nitrogen and oxygen atoms in total. The van der Waals surface area contributed by atoms with Crippen molar-refractivity contribution in [2.45, 2.75) is 26.2 Å². The van der Waals surface area contributed by atoms with E-state index in [0.29, 0.717) is 23.7 Å². The third kappa shape index (κ3) is 5.84. The van der Waals surface area contributed by atoms with Crippen LogP contribution in [0.5, 0.6) is 0 Å². The van der Waals surface area contributed by atoms with Gasteiger partial charge in [-0.25, -0.2) is 0 Å². The van der Waals surface area contributed by atoms with Crippen molar-refractivity contribution in [3.63, 3.8) is 0 Å². The largest absolute Gasteiger partial charge is 0.466 e. The predicted octanol–water partition coefficient (Wildman–Crippen LogP) is 1.53. The summed E-state index contributed by atoms with van der Waals surface area (Å²) < 4.78 is 5.10. The Morgan fingerprint density at radius 3 is 3.00 bits per heavy atom. The van der Waals surface area contributed by atoms with Gasteiger partial charge in [-0.3, -0.25) is 9.59 Å². The van der Waals surface area contributed by atoms with Crippen molar-refractivity contribution in [1.29, 1.82) is 0 Å². The lowest BCUT2D eigenvalue weighted by atomic mass is 9.98. The second-order valence-corrected chi connectivity index (χ2v) is 6.29. The van der Waals surface area contributed by atoms with Crippen molar-refractivity contribution in [3.8, 4) is 0 Å². The number of quaternary nitrogens is 1. The van der Waals surface area contributed by atoms with E-state index in [1.807, 2.05) is 13.0 Å². The van der Waals surface area contributed by atoms with Crippen molar-refractivity contribution >= 4 is 29.2 Å². The minimum absolute atomic E-state index is 0.0296. The molecule has 1 aliphatic heterocycles. The number of piperidine rings is 1. The van der Waals surface area contributed by atoms with E-state index in [4.69, 9.17) is 16.3 Å². The Kier molecular flexibility index (Phi) is 6.86. The normalized spacial score (nSPS) is 20.8. The highest BCUT2D eigenvalue weighted by molar-refractivity contribution is 6.30. The maximum absolute atomic E-state index is 12.0. The van der Waals surface area contributed by atoms with Crippen LogP contribution in [0.2, 0.25) is 5.02 Å². The van der Waals surface area contributed by atoms with Gasteiger partial charge in [-0.2, -0.15) is 0 Å². The number of carbonyl (C=O) groups excluding carboxylic acids is 2. The quantitative estimate of drug-likeness (QED) is 0.773. The van der Waals surface area contributed by atoms with Crippen LogP contribution in [0.25, 0.3) is 0 Å². The molecule has 6 heteroatoms. The zero-order valence-electron chi connectivity index (χ0n) is 13.4. The number of amides is 1. The standard InChI is InChI=1S/C17H23ClN2O3/c1-2-23-17(22)13-5-4-9-20(12-13)10-8-16(21)19-15-7-3-6-14(18)11-15/h3,6-7,11,13H,2,4-5,8-10,12H2,1H3,(H,19,21)/p+1/t13-/m1/s1. The summed E-state index contributed by atoms with van der Waals surface area (Å²) in [6.45, 7) is 4.73. The molecule has 1 aromatic rings. The molecule has 2 atom stereocenters. The van der Waals surface area contributed by atoms with Crippen molar-refractivity contribution in [2.75, 3.05) is 31.6 Å². The van der Waals surface area contributed by atoms with Crippen molar-refractivity contribution < 1.29 is 19.2 Å². The smallest absolute Gasteiger partial charge is 0.314 e. The van der Waals surface area contributed by atoms with Crippen LogP contribution in [0.1, 0.15) is 26.2 Å². The van der Waals surface area contributed by atoms with Gasteiger partial charge in [-0.1, -0.05) is 17.7 Å². The van der Waals surface area contributed by atoms with Crippen LogP contribution in [-0.2, 0) is 14.3 Å². The first-order valence-corrected chi connectivity index (χ1v) is 8.52. The number of ether oxygens (including phenoxy) is 1. The van der Waals surface area contributed by atoms with Crippen LogP contribution >= 0.6 is 11.6 Å². The number of esters is 1. The summed E-state index contributed by atoms with van der Waals surface area (Å²) >= 11 is 5.90. The molecule has 23 heavy (non-hydrogen) atoms. The monoisotopic (exact) mass is 339 g/mol. The first-order valence-electron chi connectivity index (χ1n) is 8.14. The van der Waals surface area contributed by atoms with Gasteiger partial charge < -0.3 is 15.0 Å². The Labute approximate surface area is 141 Å². The van der Waals surface area contributed by atoms with E-state index in [1.165, 1.54) is 4.90 Å². The molecule has 1 fully saturated rings. The Hall–Kier alpha value is -1.59. The Morgan fingerprint density at radius 2 is 2.26 bits per heavy atom. The predicted molar refractivity (Wildman–Crippen MR) is 89.6 cm³/mol. The summed E-state index contributed by atoms with van der Waals surface area (Å²) in [5.41, 5.74) is 0.709. The Balaban J connectivity index is 1.76. The first kappa shape index (κ1) is 17.8. The highest BCUT2D eigenvalue weighted by Gasteiger charge is 2.29. The van der Waals surface area contributed by atoms with Crippen molar-refractivity contribution in [1.82, 2.24) is 0 Å². The number of carbonyl (C=O) groups is 2. The van der Waals surface area contributed by atoms with Gasteiger partial charge >= 0.3 is 5.97 Å². The number of rotatable bonds is 6. The fourth-order valence-corrected chi connectivity index (χ4v) is 3.11. The number of hydrogen-bond donors (Lipinski definition) is 2. The van der Waals surface area contributed by atoms with E-state index in [1.54, 1.807) is 18.2 Å². The molecule has 1 amide bonds. The van der Waals surface area contributed by atoms with Crippen LogP contribution in [0.15, 0.2) is 24.3 Å². The van der Waals surface area contributed by atoms with E-state index in [2.05, 4.69) is 5.32 Å². The highest BCUT2D eigenvalue weighted by atomic mass is 35.5. The molecule has 0 saturated carbocycles.